The molecule has 0 spiro atoms. The van der Waals surface area contributed by atoms with E-state index >= 15 is 0 Å². The molecular weight excluding hydrogens is 436 g/mol. The van der Waals surface area contributed by atoms with Gasteiger partial charge in [0.05, 0.1) is 5.52 Å². The molecule has 184 valence electrons. The monoisotopic (exact) mass is 470 g/mol. The van der Waals surface area contributed by atoms with Crippen molar-refractivity contribution in [2.24, 2.45) is 11.8 Å². The van der Waals surface area contributed by atoms with Crippen molar-refractivity contribution in [1.82, 2.24) is 25.3 Å². The molecule has 34 heavy (non-hydrogen) atoms. The summed E-state index contributed by atoms with van der Waals surface area (Å²) in [5.41, 5.74) is 2.08. The summed E-state index contributed by atoms with van der Waals surface area (Å²) < 4.78 is 1.97. The van der Waals surface area contributed by atoms with Gasteiger partial charge >= 0.3 is 6.03 Å². The van der Waals surface area contributed by atoms with E-state index in [0.29, 0.717) is 29.8 Å². The second-order valence-electron chi connectivity index (χ2n) is 9.41. The Morgan fingerprint density at radius 2 is 1.94 bits per heavy atom. The van der Waals surface area contributed by atoms with Gasteiger partial charge in [-0.3, -0.25) is 14.3 Å². The zero-order valence-electron chi connectivity index (χ0n) is 19.6. The minimum atomic E-state index is -0.250. The second kappa shape index (κ2) is 10.9. The Bertz CT molecular complexity index is 1030. The fourth-order valence-corrected chi connectivity index (χ4v) is 4.89. The van der Waals surface area contributed by atoms with Gasteiger partial charge in [-0.05, 0) is 75.2 Å². The number of hydrogen-bond donors (Lipinski definition) is 4. The molecule has 2 bridgehead atoms. The number of hydrogen-bond acceptors (Lipinski definition) is 5. The number of fused-ring (bicyclic) bond motifs is 4. The molecule has 10 nitrogen and oxygen atoms in total. The lowest BCUT2D eigenvalue weighted by Gasteiger charge is -2.44. The third-order valence-electron chi connectivity index (χ3n) is 6.86. The van der Waals surface area contributed by atoms with Crippen LogP contribution in [0.4, 0.5) is 10.5 Å². The van der Waals surface area contributed by atoms with Crippen LogP contribution in [0.5, 0.6) is 0 Å². The summed E-state index contributed by atoms with van der Waals surface area (Å²) in [6.45, 7) is 6.45. The topological polar surface area (TPSA) is 129 Å². The molecule has 0 unspecified atom stereocenters. The van der Waals surface area contributed by atoms with Crippen LogP contribution >= 0.6 is 0 Å². The molecular formula is C24H34N6O4. The number of benzene rings is 1. The molecule has 3 saturated heterocycles. The first kappa shape index (κ1) is 24.0. The van der Waals surface area contributed by atoms with Crippen molar-refractivity contribution in [3.63, 3.8) is 0 Å². The van der Waals surface area contributed by atoms with Crippen LogP contribution < -0.4 is 16.0 Å². The van der Waals surface area contributed by atoms with Crippen molar-refractivity contribution in [2.45, 2.75) is 51.6 Å². The number of anilines is 1. The van der Waals surface area contributed by atoms with Crippen molar-refractivity contribution in [3.05, 3.63) is 23.9 Å². The van der Waals surface area contributed by atoms with Crippen LogP contribution in [0.1, 0.15) is 49.5 Å². The number of amides is 3. The highest BCUT2D eigenvalue weighted by atomic mass is 16.3. The van der Waals surface area contributed by atoms with Crippen LogP contribution in [0.15, 0.2) is 18.2 Å². The van der Waals surface area contributed by atoms with Gasteiger partial charge in [0.15, 0.2) is 5.69 Å². The molecule has 3 amide bonds. The predicted octanol–water partition coefficient (Wildman–Crippen LogP) is 2.50. The zero-order valence-corrected chi connectivity index (χ0v) is 19.6. The summed E-state index contributed by atoms with van der Waals surface area (Å²) in [7, 11) is 0. The summed E-state index contributed by atoms with van der Waals surface area (Å²) >= 11 is 0. The van der Waals surface area contributed by atoms with Gasteiger partial charge in [0.2, 0.25) is 0 Å². The van der Waals surface area contributed by atoms with Gasteiger partial charge in [-0.15, -0.1) is 0 Å². The van der Waals surface area contributed by atoms with E-state index in [2.05, 4.69) is 20.9 Å². The standard InChI is InChI=1S/C23H32N6O2.CH2O2/c1-2-9-24-23(31)25-17-5-6-20-18(12-17)21(27-29(20)13-15-3-4-15)22(30)26-19-14-28-10-7-16(19)8-11-28;2-1-3/h5-6,12,15-16,19H,2-4,7-11,13-14H2,1H3,(H,26,30)(H2,24,25,31);1H,(H,2,3)/t19-;/m1./s1. The van der Waals surface area contributed by atoms with Gasteiger partial charge in [-0.25, -0.2) is 4.79 Å². The summed E-state index contributed by atoms with van der Waals surface area (Å²) in [4.78, 5) is 36.2. The van der Waals surface area contributed by atoms with Gasteiger partial charge < -0.3 is 26.0 Å². The van der Waals surface area contributed by atoms with Crippen LogP contribution in [-0.2, 0) is 11.3 Å². The Hall–Kier alpha value is -3.14. The lowest BCUT2D eigenvalue weighted by atomic mass is 9.84. The Morgan fingerprint density at radius 1 is 1.21 bits per heavy atom. The fraction of sp³-hybridized carbons (Fsp3) is 0.583. The number of carbonyl (C=O) groups is 3. The highest BCUT2D eigenvalue weighted by Crippen LogP contribution is 2.33. The lowest BCUT2D eigenvalue weighted by molar-refractivity contribution is -0.122. The first-order chi connectivity index (χ1) is 16.5. The SMILES string of the molecule is CCCNC(=O)Nc1ccc2c(c1)c(C(=O)N[C@@H]1CN3CCC1CC3)nn2CC1CC1.O=CO. The number of piperidine rings is 3. The highest BCUT2D eigenvalue weighted by Gasteiger charge is 2.35. The summed E-state index contributed by atoms with van der Waals surface area (Å²) in [6.07, 6.45) is 5.63. The molecule has 10 heteroatoms. The molecule has 1 aromatic heterocycles. The first-order valence-electron chi connectivity index (χ1n) is 12.2. The molecule has 1 aromatic carbocycles. The van der Waals surface area contributed by atoms with Crippen molar-refractivity contribution in [3.8, 4) is 0 Å². The van der Waals surface area contributed by atoms with Gasteiger partial charge in [0.25, 0.3) is 12.4 Å². The average Bonchev–Trinajstić information content (AvgIpc) is 3.58. The van der Waals surface area contributed by atoms with E-state index in [0.717, 1.165) is 56.3 Å². The molecule has 4 fully saturated rings. The lowest BCUT2D eigenvalue weighted by Crippen LogP contribution is -2.57. The van der Waals surface area contributed by atoms with Gasteiger partial charge in [-0.2, -0.15) is 5.10 Å². The fourth-order valence-electron chi connectivity index (χ4n) is 4.89. The molecule has 4 aliphatic rings. The second-order valence-corrected chi connectivity index (χ2v) is 9.41. The molecule has 4 N–H and O–H groups in total. The van der Waals surface area contributed by atoms with Crippen LogP contribution in [0.25, 0.3) is 10.9 Å². The minimum absolute atomic E-state index is 0.106. The Kier molecular flexibility index (Phi) is 7.66. The number of urea groups is 1. The maximum Gasteiger partial charge on any atom is 0.319 e. The smallest absolute Gasteiger partial charge is 0.319 e. The van der Waals surface area contributed by atoms with Gasteiger partial charge in [0.1, 0.15) is 0 Å². The molecule has 6 rings (SSSR count). The maximum absolute atomic E-state index is 13.3. The van der Waals surface area contributed by atoms with E-state index in [9.17, 15) is 9.59 Å². The van der Waals surface area contributed by atoms with Crippen molar-refractivity contribution >= 4 is 35.0 Å². The van der Waals surface area contributed by atoms with E-state index in [1.165, 1.54) is 12.8 Å². The van der Waals surface area contributed by atoms with Crippen molar-refractivity contribution in [2.75, 3.05) is 31.5 Å². The Morgan fingerprint density at radius 3 is 2.56 bits per heavy atom. The minimum Gasteiger partial charge on any atom is -0.483 e. The van der Waals surface area contributed by atoms with E-state index in [1.807, 2.05) is 29.8 Å². The molecule has 2 aromatic rings. The van der Waals surface area contributed by atoms with Crippen molar-refractivity contribution < 1.29 is 19.5 Å². The summed E-state index contributed by atoms with van der Waals surface area (Å²) in [5, 5.41) is 21.4. The van der Waals surface area contributed by atoms with Crippen LogP contribution in [0.3, 0.4) is 0 Å². The number of carbonyl (C=O) groups excluding carboxylic acids is 2. The normalized spacial score (nSPS) is 23.0. The number of nitrogens with one attached hydrogen (secondary N) is 3. The summed E-state index contributed by atoms with van der Waals surface area (Å²) in [6, 6.07) is 5.69. The number of carboxylic acid groups (broad SMARTS) is 1. The van der Waals surface area contributed by atoms with E-state index < -0.39 is 0 Å². The third-order valence-corrected chi connectivity index (χ3v) is 6.86. The number of aromatic nitrogens is 2. The molecule has 1 saturated carbocycles. The quantitative estimate of drug-likeness (QED) is 0.460. The molecule has 4 heterocycles. The number of rotatable bonds is 7. The predicted molar refractivity (Wildman–Crippen MR) is 129 cm³/mol. The van der Waals surface area contributed by atoms with Gasteiger partial charge in [-0.1, -0.05) is 6.92 Å². The molecule has 1 aliphatic carbocycles. The van der Waals surface area contributed by atoms with Crippen LogP contribution in [0, 0.1) is 11.8 Å². The average molecular weight is 471 g/mol. The van der Waals surface area contributed by atoms with Crippen LogP contribution in [-0.4, -0.2) is 70.4 Å². The van der Waals surface area contributed by atoms with Crippen molar-refractivity contribution in [1.29, 1.82) is 0 Å². The van der Waals surface area contributed by atoms with E-state index in [-0.39, 0.29) is 24.5 Å². The zero-order chi connectivity index (χ0) is 24.1. The number of nitrogens with zero attached hydrogens (tertiary/aromatic N) is 3. The molecule has 1 atom stereocenters. The Balaban J connectivity index is 0.000000868. The summed E-state index contributed by atoms with van der Waals surface area (Å²) in [5.74, 6) is 1.11. The van der Waals surface area contributed by atoms with Crippen LogP contribution in [0.2, 0.25) is 0 Å². The van der Waals surface area contributed by atoms with E-state index in [1.54, 1.807) is 0 Å². The first-order valence-corrected chi connectivity index (χ1v) is 12.2. The molecule has 0 radical (unpaired) electrons. The maximum atomic E-state index is 13.3. The van der Waals surface area contributed by atoms with E-state index in [4.69, 9.17) is 15.0 Å². The highest BCUT2D eigenvalue weighted by molar-refractivity contribution is 6.06. The van der Waals surface area contributed by atoms with Gasteiger partial charge in [0, 0.05) is 36.7 Å². The molecule has 3 aliphatic heterocycles. The largest absolute Gasteiger partial charge is 0.483 e. The Labute approximate surface area is 199 Å². The third kappa shape index (κ3) is 5.67.